The minimum atomic E-state index is -4.65. The second-order valence-corrected chi connectivity index (χ2v) is 9.92. The highest BCUT2D eigenvalue weighted by molar-refractivity contribution is 7.99. The topological polar surface area (TPSA) is 101 Å². The van der Waals surface area contributed by atoms with E-state index in [2.05, 4.69) is 20.0 Å². The molecule has 0 unspecified atom stereocenters. The molecule has 13 heteroatoms. The van der Waals surface area contributed by atoms with E-state index in [4.69, 9.17) is 0 Å². The van der Waals surface area contributed by atoms with Gasteiger partial charge < -0.3 is 5.32 Å². The molecular weight excluding hydrogens is 485 g/mol. The number of hydrogen-bond acceptors (Lipinski definition) is 7. The second kappa shape index (κ2) is 9.98. The van der Waals surface area contributed by atoms with Gasteiger partial charge in [-0.25, -0.2) is 23.1 Å². The molecule has 2 aromatic heterocycles. The first kappa shape index (κ1) is 24.2. The van der Waals surface area contributed by atoms with Crippen LogP contribution in [0.4, 0.5) is 18.9 Å². The average Bonchev–Trinajstić information content (AvgIpc) is 3.27. The molecule has 32 heavy (non-hydrogen) atoms. The summed E-state index contributed by atoms with van der Waals surface area (Å²) in [6, 6.07) is 9.73. The fraction of sp³-hybridized carbons (Fsp3) is 0.211. The van der Waals surface area contributed by atoms with Gasteiger partial charge in [0.25, 0.3) is 0 Å². The molecule has 3 rings (SSSR count). The van der Waals surface area contributed by atoms with Crippen molar-refractivity contribution in [2.75, 3.05) is 17.6 Å². The van der Waals surface area contributed by atoms with E-state index in [1.807, 2.05) is 0 Å². The molecule has 2 heterocycles. The van der Waals surface area contributed by atoms with E-state index in [1.54, 1.807) is 24.4 Å². The number of thioether (sulfide) groups is 1. The van der Waals surface area contributed by atoms with E-state index in [9.17, 15) is 26.4 Å². The van der Waals surface area contributed by atoms with Crippen LogP contribution < -0.4 is 10.0 Å². The van der Waals surface area contributed by atoms with Crippen molar-refractivity contribution in [1.82, 2.24) is 14.7 Å². The van der Waals surface area contributed by atoms with Crippen LogP contribution in [-0.4, -0.2) is 36.6 Å². The number of hydrogen-bond donors (Lipinski definition) is 2. The third kappa shape index (κ3) is 6.28. The molecule has 1 aromatic carbocycles. The van der Waals surface area contributed by atoms with Crippen molar-refractivity contribution in [3.05, 3.63) is 53.5 Å². The summed E-state index contributed by atoms with van der Waals surface area (Å²) in [6.07, 6.45) is -4.65. The van der Waals surface area contributed by atoms with Crippen molar-refractivity contribution in [1.29, 1.82) is 0 Å². The quantitative estimate of drug-likeness (QED) is 0.353. The number of amides is 1. The largest absolute Gasteiger partial charge is 0.433 e. The molecule has 0 aliphatic rings. The Balaban J connectivity index is 1.69. The Labute approximate surface area is 190 Å². The standard InChI is InChI=1S/C19H17F3N4O3S3/c1-2-23-32(28,29)13-7-5-12(6-8-13)24-17(27)11-31-18-25-14(15-4-3-9-30-15)10-16(26-18)19(20,21)22/h3-10,23H,2,11H2,1H3,(H,24,27). The van der Waals surface area contributed by atoms with Gasteiger partial charge in [0.05, 0.1) is 21.2 Å². The van der Waals surface area contributed by atoms with Crippen LogP contribution in [0.1, 0.15) is 12.6 Å². The van der Waals surface area contributed by atoms with Crippen LogP contribution >= 0.6 is 23.1 Å². The van der Waals surface area contributed by atoms with Gasteiger partial charge in [-0.05, 0) is 41.8 Å². The van der Waals surface area contributed by atoms with Crippen molar-refractivity contribution in [3.63, 3.8) is 0 Å². The maximum Gasteiger partial charge on any atom is 0.433 e. The molecular formula is C19H17F3N4O3S3. The zero-order chi connectivity index (χ0) is 23.4. The lowest BCUT2D eigenvalue weighted by atomic mass is 10.3. The van der Waals surface area contributed by atoms with Crippen LogP contribution in [-0.2, 0) is 21.0 Å². The lowest BCUT2D eigenvalue weighted by molar-refractivity contribution is -0.141. The van der Waals surface area contributed by atoms with Gasteiger partial charge in [0.1, 0.15) is 5.69 Å². The number of carbonyl (C=O) groups is 1. The summed E-state index contributed by atoms with van der Waals surface area (Å²) in [5.74, 6) is -0.737. The fourth-order valence-corrected chi connectivity index (χ4v) is 4.89. The smallest absolute Gasteiger partial charge is 0.325 e. The van der Waals surface area contributed by atoms with Crippen LogP contribution in [0.5, 0.6) is 0 Å². The number of rotatable bonds is 8. The summed E-state index contributed by atoms with van der Waals surface area (Å²) in [5.41, 5.74) is -0.616. The van der Waals surface area contributed by atoms with Crippen LogP contribution in [0.3, 0.4) is 0 Å². The number of alkyl halides is 3. The molecule has 0 spiro atoms. The maximum atomic E-state index is 13.2. The van der Waals surface area contributed by atoms with Crippen LogP contribution in [0.25, 0.3) is 10.6 Å². The number of anilines is 1. The fourth-order valence-electron chi connectivity index (χ4n) is 2.50. The molecule has 170 valence electrons. The number of aromatic nitrogens is 2. The molecule has 0 atom stereocenters. The molecule has 0 fully saturated rings. The first-order chi connectivity index (χ1) is 15.1. The number of sulfonamides is 1. The molecule has 0 saturated carbocycles. The monoisotopic (exact) mass is 502 g/mol. The van der Waals surface area contributed by atoms with Crippen LogP contribution in [0, 0.1) is 0 Å². The summed E-state index contributed by atoms with van der Waals surface area (Å²) in [5, 5.41) is 4.11. The Morgan fingerprint density at radius 2 is 1.88 bits per heavy atom. The molecule has 1 amide bonds. The summed E-state index contributed by atoms with van der Waals surface area (Å²) in [4.78, 5) is 20.5. The van der Waals surface area contributed by atoms with Crippen LogP contribution in [0.15, 0.2) is 57.9 Å². The number of thiophene rings is 1. The molecule has 3 aromatic rings. The summed E-state index contributed by atoms with van der Waals surface area (Å²) >= 11 is 2.01. The van der Waals surface area contributed by atoms with Gasteiger partial charge in [-0.2, -0.15) is 13.2 Å². The van der Waals surface area contributed by atoms with Crippen molar-refractivity contribution in [2.24, 2.45) is 0 Å². The molecule has 0 aliphatic carbocycles. The highest BCUT2D eigenvalue weighted by Gasteiger charge is 2.34. The zero-order valence-corrected chi connectivity index (χ0v) is 19.0. The van der Waals surface area contributed by atoms with Gasteiger partial charge in [-0.1, -0.05) is 24.8 Å². The summed E-state index contributed by atoms with van der Waals surface area (Å²) in [6.45, 7) is 1.89. The van der Waals surface area contributed by atoms with E-state index in [0.717, 1.165) is 17.8 Å². The predicted molar refractivity (Wildman–Crippen MR) is 117 cm³/mol. The number of nitrogens with zero attached hydrogens (tertiary/aromatic N) is 2. The third-order valence-electron chi connectivity index (χ3n) is 3.88. The Morgan fingerprint density at radius 3 is 2.47 bits per heavy atom. The van der Waals surface area contributed by atoms with Gasteiger partial charge in [0, 0.05) is 12.2 Å². The SMILES string of the molecule is CCNS(=O)(=O)c1ccc(NC(=O)CSc2nc(-c3cccs3)cc(C(F)(F)F)n2)cc1. The average molecular weight is 503 g/mol. The van der Waals surface area contributed by atoms with Gasteiger partial charge >= 0.3 is 6.18 Å². The second-order valence-electron chi connectivity index (χ2n) is 6.26. The van der Waals surface area contributed by atoms with E-state index in [0.29, 0.717) is 10.6 Å². The highest BCUT2D eigenvalue weighted by Crippen LogP contribution is 2.33. The Bertz CT molecular complexity index is 1180. The van der Waals surface area contributed by atoms with Gasteiger partial charge in [-0.3, -0.25) is 4.79 Å². The Morgan fingerprint density at radius 1 is 1.16 bits per heavy atom. The Kier molecular flexibility index (Phi) is 7.54. The number of carbonyl (C=O) groups excluding carboxylic acids is 1. The summed E-state index contributed by atoms with van der Waals surface area (Å²) in [7, 11) is -3.62. The molecule has 0 bridgehead atoms. The lowest BCUT2D eigenvalue weighted by Gasteiger charge is -2.10. The predicted octanol–water partition coefficient (Wildman–Crippen LogP) is 4.25. The first-order valence-electron chi connectivity index (χ1n) is 9.11. The van der Waals surface area contributed by atoms with Crippen molar-refractivity contribution in [2.45, 2.75) is 23.2 Å². The van der Waals surface area contributed by atoms with E-state index in [-0.39, 0.29) is 28.0 Å². The molecule has 7 nitrogen and oxygen atoms in total. The minimum absolute atomic E-state index is 0.0465. The first-order valence-corrected chi connectivity index (χ1v) is 12.5. The Hall–Kier alpha value is -2.48. The minimum Gasteiger partial charge on any atom is -0.325 e. The number of nitrogens with one attached hydrogen (secondary N) is 2. The maximum absolute atomic E-state index is 13.2. The van der Waals surface area contributed by atoms with Crippen molar-refractivity contribution in [3.8, 4) is 10.6 Å². The molecule has 2 N–H and O–H groups in total. The molecule has 0 saturated heterocycles. The van der Waals surface area contributed by atoms with Gasteiger partial charge in [-0.15, -0.1) is 11.3 Å². The van der Waals surface area contributed by atoms with E-state index >= 15 is 0 Å². The van der Waals surface area contributed by atoms with Crippen LogP contribution in [0.2, 0.25) is 0 Å². The van der Waals surface area contributed by atoms with E-state index < -0.39 is 27.8 Å². The van der Waals surface area contributed by atoms with E-state index in [1.165, 1.54) is 35.6 Å². The third-order valence-corrected chi connectivity index (χ3v) is 7.19. The normalized spacial score (nSPS) is 12.0. The lowest BCUT2D eigenvalue weighted by Crippen LogP contribution is -2.23. The molecule has 0 aliphatic heterocycles. The van der Waals surface area contributed by atoms with Crippen molar-refractivity contribution >= 4 is 44.7 Å². The van der Waals surface area contributed by atoms with Gasteiger partial charge in [0.2, 0.25) is 15.9 Å². The summed E-state index contributed by atoms with van der Waals surface area (Å²) < 4.78 is 65.9. The molecule has 0 radical (unpaired) electrons. The highest BCUT2D eigenvalue weighted by atomic mass is 32.2. The number of benzene rings is 1. The van der Waals surface area contributed by atoms with Gasteiger partial charge in [0.15, 0.2) is 5.16 Å². The number of halogens is 3. The zero-order valence-electron chi connectivity index (χ0n) is 16.5. The van der Waals surface area contributed by atoms with Crippen molar-refractivity contribution < 1.29 is 26.4 Å².